The van der Waals surface area contributed by atoms with Crippen molar-refractivity contribution < 1.29 is 14.2 Å². The second-order valence-corrected chi connectivity index (χ2v) is 9.76. The molecule has 4 fully saturated rings. The third-order valence-corrected chi connectivity index (χ3v) is 9.03. The summed E-state index contributed by atoms with van der Waals surface area (Å²) in [4.78, 5) is 0. The number of nitrogens with zero attached hydrogens (tertiary/aromatic N) is 2. The quantitative estimate of drug-likeness (QED) is 0.816. The van der Waals surface area contributed by atoms with E-state index in [-0.39, 0.29) is 17.1 Å². The van der Waals surface area contributed by atoms with Crippen LogP contribution < -0.4 is 14.8 Å². The van der Waals surface area contributed by atoms with E-state index in [1.807, 2.05) is 7.11 Å². The largest absolute Gasteiger partial charge is 0.493 e. The Bertz CT molecular complexity index is 908. The average molecular weight is 414 g/mol. The summed E-state index contributed by atoms with van der Waals surface area (Å²) in [6, 6.07) is 4.95. The highest BCUT2D eigenvalue weighted by atomic mass is 32.1. The van der Waals surface area contributed by atoms with Gasteiger partial charge in [0, 0.05) is 24.1 Å². The van der Waals surface area contributed by atoms with Crippen LogP contribution in [0.2, 0.25) is 0 Å². The molecule has 1 aromatic heterocycles. The molecule has 8 rings (SSSR count). The first kappa shape index (κ1) is 18.1. The summed E-state index contributed by atoms with van der Waals surface area (Å²) in [6.07, 6.45) is 7.20. The van der Waals surface area contributed by atoms with E-state index in [0.29, 0.717) is 11.5 Å². The van der Waals surface area contributed by atoms with E-state index in [1.165, 1.54) is 35.3 Å². The zero-order valence-corrected chi connectivity index (χ0v) is 17.8. The molecule has 4 bridgehead atoms. The Labute approximate surface area is 175 Å². The summed E-state index contributed by atoms with van der Waals surface area (Å²) in [5, 5.41) is 10.9. The molecule has 1 aromatic carbocycles. The molecule has 2 spiro atoms. The van der Waals surface area contributed by atoms with Crippen LogP contribution in [0.1, 0.15) is 43.2 Å². The molecule has 3 saturated carbocycles. The minimum atomic E-state index is -0.123. The van der Waals surface area contributed by atoms with E-state index < -0.39 is 0 Å². The number of hydrogen-bond acceptors (Lipinski definition) is 7. The van der Waals surface area contributed by atoms with Gasteiger partial charge in [0.05, 0.1) is 7.11 Å². The predicted octanol–water partition coefficient (Wildman–Crippen LogP) is 3.11. The van der Waals surface area contributed by atoms with Crippen molar-refractivity contribution in [3.63, 3.8) is 0 Å². The normalized spacial score (nSPS) is 39.8. The monoisotopic (exact) mass is 413 g/mol. The first-order valence-corrected chi connectivity index (χ1v) is 11.5. The summed E-state index contributed by atoms with van der Waals surface area (Å²) in [5.74, 6) is 1.92. The van der Waals surface area contributed by atoms with Crippen molar-refractivity contribution in [2.45, 2.75) is 61.7 Å². The third kappa shape index (κ3) is 2.04. The fourth-order valence-corrected chi connectivity index (χ4v) is 7.80. The molecule has 1 N–H and O–H groups in total. The molecule has 6 nitrogen and oxygen atoms in total. The number of rotatable bonds is 2. The smallest absolute Gasteiger partial charge is 0.165 e. The zero-order chi connectivity index (χ0) is 19.7. The van der Waals surface area contributed by atoms with E-state index in [9.17, 15) is 0 Å². The van der Waals surface area contributed by atoms with Crippen LogP contribution in [0.25, 0.3) is 0 Å². The molecule has 7 heteroatoms. The van der Waals surface area contributed by atoms with Crippen molar-refractivity contribution in [1.29, 1.82) is 0 Å². The van der Waals surface area contributed by atoms with Gasteiger partial charge in [0.1, 0.15) is 22.7 Å². The van der Waals surface area contributed by atoms with Crippen LogP contribution in [0.5, 0.6) is 11.5 Å². The van der Waals surface area contributed by atoms with Gasteiger partial charge in [0.15, 0.2) is 11.5 Å². The molecule has 6 aliphatic rings. The van der Waals surface area contributed by atoms with Gasteiger partial charge in [-0.05, 0) is 62.1 Å². The van der Waals surface area contributed by atoms with Crippen LogP contribution >= 0.6 is 11.3 Å². The summed E-state index contributed by atoms with van der Waals surface area (Å²) in [5.41, 5.74) is 6.64. The van der Waals surface area contributed by atoms with Gasteiger partial charge in [0.25, 0.3) is 0 Å². The Morgan fingerprint density at radius 2 is 1.90 bits per heavy atom. The zero-order valence-electron chi connectivity index (χ0n) is 16.9. The SMILES string of the molecule is COc1ccc2c3c1OC1C4(OC)CCC5(CC4)C(C2)NCCC315.c1nncs1. The van der Waals surface area contributed by atoms with Gasteiger partial charge < -0.3 is 19.5 Å². The van der Waals surface area contributed by atoms with Gasteiger partial charge in [-0.1, -0.05) is 6.07 Å². The number of piperidine rings is 1. The minimum absolute atomic E-state index is 0.118. The standard InChI is InChI=1S/C20H25NO3.C2H2N2S/c1-22-13-4-3-12-11-14-18-5-7-19(23-2,8-6-18)17-20(18,9-10-21-14)15(12)16(13)24-17;1-3-4-2-5-1/h3-4,14,17,21H,5-11H2,1-2H3;1-2H. The van der Waals surface area contributed by atoms with Crippen molar-refractivity contribution in [3.8, 4) is 11.5 Å². The highest BCUT2D eigenvalue weighted by Crippen LogP contribution is 2.74. The van der Waals surface area contributed by atoms with E-state index in [0.717, 1.165) is 43.7 Å². The molecule has 2 aliphatic heterocycles. The number of hydrogen-bond donors (Lipinski definition) is 1. The number of methoxy groups -OCH3 is 2. The van der Waals surface area contributed by atoms with Crippen LogP contribution in [0.3, 0.4) is 0 Å². The van der Waals surface area contributed by atoms with Crippen molar-refractivity contribution in [2.75, 3.05) is 20.8 Å². The summed E-state index contributed by atoms with van der Waals surface area (Å²) in [7, 11) is 3.65. The maximum absolute atomic E-state index is 6.75. The Hall–Kier alpha value is -1.70. The topological polar surface area (TPSA) is 65.5 Å². The summed E-state index contributed by atoms with van der Waals surface area (Å²) >= 11 is 1.49. The van der Waals surface area contributed by atoms with Crippen molar-refractivity contribution >= 4 is 11.3 Å². The lowest BCUT2D eigenvalue weighted by Crippen LogP contribution is -2.78. The molecular weight excluding hydrogens is 386 g/mol. The van der Waals surface area contributed by atoms with Crippen LogP contribution in [-0.2, 0) is 16.6 Å². The number of nitrogens with one attached hydrogen (secondary N) is 1. The van der Waals surface area contributed by atoms with Gasteiger partial charge in [-0.2, -0.15) is 0 Å². The lowest BCUT2D eigenvalue weighted by atomic mass is 9.37. The first-order chi connectivity index (χ1) is 14.2. The number of fused-ring (bicyclic) bond motifs is 2. The fraction of sp³-hybridized carbons (Fsp3) is 0.636. The van der Waals surface area contributed by atoms with Crippen molar-refractivity contribution in [1.82, 2.24) is 15.5 Å². The lowest BCUT2D eigenvalue weighted by Gasteiger charge is -2.70. The molecular formula is C22H27N3O3S. The van der Waals surface area contributed by atoms with Gasteiger partial charge in [0.2, 0.25) is 0 Å². The van der Waals surface area contributed by atoms with E-state index in [2.05, 4.69) is 27.6 Å². The van der Waals surface area contributed by atoms with E-state index in [1.54, 1.807) is 18.1 Å². The Kier molecular flexibility index (Phi) is 3.84. The first-order valence-electron chi connectivity index (χ1n) is 10.6. The van der Waals surface area contributed by atoms with Crippen LogP contribution in [-0.4, -0.2) is 48.7 Å². The van der Waals surface area contributed by atoms with E-state index in [4.69, 9.17) is 14.2 Å². The molecule has 3 unspecified atom stereocenters. The van der Waals surface area contributed by atoms with Crippen LogP contribution in [0, 0.1) is 5.41 Å². The Morgan fingerprint density at radius 1 is 1.10 bits per heavy atom. The maximum Gasteiger partial charge on any atom is 0.165 e. The second-order valence-electron chi connectivity index (χ2n) is 9.06. The highest BCUT2D eigenvalue weighted by Gasteiger charge is 2.77. The number of ether oxygens (including phenoxy) is 3. The molecule has 4 aliphatic carbocycles. The molecule has 0 radical (unpaired) electrons. The predicted molar refractivity (Wildman–Crippen MR) is 110 cm³/mol. The second kappa shape index (κ2) is 6.15. The molecule has 0 amide bonds. The van der Waals surface area contributed by atoms with Crippen molar-refractivity contribution in [3.05, 3.63) is 34.3 Å². The van der Waals surface area contributed by atoms with E-state index >= 15 is 0 Å². The maximum atomic E-state index is 6.75. The molecule has 2 aromatic rings. The summed E-state index contributed by atoms with van der Waals surface area (Å²) < 4.78 is 18.6. The van der Waals surface area contributed by atoms with Crippen LogP contribution in [0.15, 0.2) is 23.2 Å². The fourth-order valence-electron chi connectivity index (χ4n) is 7.52. The van der Waals surface area contributed by atoms with Gasteiger partial charge in [-0.25, -0.2) is 0 Å². The number of benzene rings is 1. The molecule has 29 heavy (non-hydrogen) atoms. The number of aromatic nitrogens is 2. The van der Waals surface area contributed by atoms with Gasteiger partial charge >= 0.3 is 0 Å². The average Bonchev–Trinajstić information content (AvgIpc) is 3.44. The summed E-state index contributed by atoms with van der Waals surface area (Å²) in [6.45, 7) is 1.09. The Balaban J connectivity index is 0.000000292. The molecule has 3 atom stereocenters. The van der Waals surface area contributed by atoms with Gasteiger partial charge in [-0.15, -0.1) is 21.5 Å². The highest BCUT2D eigenvalue weighted by molar-refractivity contribution is 7.07. The van der Waals surface area contributed by atoms with Gasteiger partial charge in [-0.3, -0.25) is 0 Å². The van der Waals surface area contributed by atoms with Crippen molar-refractivity contribution in [2.24, 2.45) is 5.41 Å². The minimum Gasteiger partial charge on any atom is -0.493 e. The molecule has 3 heterocycles. The third-order valence-electron chi connectivity index (χ3n) is 8.60. The lowest BCUT2D eigenvalue weighted by molar-refractivity contribution is -0.235. The van der Waals surface area contributed by atoms with Crippen LogP contribution in [0.4, 0.5) is 0 Å². The Morgan fingerprint density at radius 3 is 2.55 bits per heavy atom. The molecule has 154 valence electrons. The molecule has 1 saturated heterocycles.